The van der Waals surface area contributed by atoms with Crippen molar-refractivity contribution in [1.29, 1.82) is 0 Å². The zero-order valence-corrected chi connectivity index (χ0v) is 10.1. The molecule has 0 saturated carbocycles. The SMILES string of the molecule is C[C@H]1[C@@H]2N=N[C@H]1c1ccccc1C1=C2CCC1. The van der Waals surface area contributed by atoms with Crippen molar-refractivity contribution in [2.75, 3.05) is 0 Å². The molecule has 2 heteroatoms. The molecule has 0 saturated heterocycles. The molecule has 2 bridgehead atoms. The molecule has 0 aromatic heterocycles. The molecule has 86 valence electrons. The number of nitrogens with zero attached hydrogens (tertiary/aromatic N) is 2. The van der Waals surface area contributed by atoms with Crippen LogP contribution in [0.2, 0.25) is 0 Å². The van der Waals surface area contributed by atoms with Crippen LogP contribution in [-0.4, -0.2) is 6.04 Å². The molecule has 3 atom stereocenters. The minimum Gasteiger partial charge on any atom is -0.185 e. The largest absolute Gasteiger partial charge is 0.185 e. The van der Waals surface area contributed by atoms with E-state index in [0.29, 0.717) is 18.0 Å². The van der Waals surface area contributed by atoms with Crippen LogP contribution < -0.4 is 0 Å². The highest BCUT2D eigenvalue weighted by Crippen LogP contribution is 2.50. The summed E-state index contributed by atoms with van der Waals surface area (Å²) in [5, 5.41) is 9.08. The van der Waals surface area contributed by atoms with Gasteiger partial charge in [-0.3, -0.25) is 0 Å². The predicted molar refractivity (Wildman–Crippen MR) is 67.8 cm³/mol. The summed E-state index contributed by atoms with van der Waals surface area (Å²) >= 11 is 0. The quantitative estimate of drug-likeness (QED) is 0.632. The Hall–Kier alpha value is -1.44. The normalized spacial score (nSPS) is 33.6. The van der Waals surface area contributed by atoms with Crippen molar-refractivity contribution in [3.63, 3.8) is 0 Å². The van der Waals surface area contributed by atoms with Crippen LogP contribution in [0.5, 0.6) is 0 Å². The zero-order chi connectivity index (χ0) is 11.4. The lowest BCUT2D eigenvalue weighted by molar-refractivity contribution is 0.485. The smallest absolute Gasteiger partial charge is 0.101 e. The fourth-order valence-corrected chi connectivity index (χ4v) is 3.69. The Kier molecular flexibility index (Phi) is 1.85. The van der Waals surface area contributed by atoms with E-state index in [9.17, 15) is 0 Å². The maximum atomic E-state index is 4.55. The van der Waals surface area contributed by atoms with Crippen molar-refractivity contribution < 1.29 is 0 Å². The summed E-state index contributed by atoms with van der Waals surface area (Å²) in [6.45, 7) is 2.31. The number of allylic oxidation sites excluding steroid dienone is 1. The van der Waals surface area contributed by atoms with Gasteiger partial charge in [0.05, 0.1) is 6.04 Å². The molecule has 0 spiro atoms. The monoisotopic (exact) mass is 224 g/mol. The third-order valence-corrected chi connectivity index (χ3v) is 4.53. The minimum absolute atomic E-state index is 0.293. The van der Waals surface area contributed by atoms with Crippen LogP contribution in [-0.2, 0) is 0 Å². The fraction of sp³-hybridized carbons (Fsp3) is 0.467. The van der Waals surface area contributed by atoms with Gasteiger partial charge in [-0.25, -0.2) is 0 Å². The van der Waals surface area contributed by atoms with Crippen molar-refractivity contribution in [1.82, 2.24) is 0 Å². The highest BCUT2D eigenvalue weighted by atomic mass is 15.2. The molecule has 3 aliphatic rings. The van der Waals surface area contributed by atoms with Gasteiger partial charge in [0.2, 0.25) is 0 Å². The van der Waals surface area contributed by atoms with Crippen LogP contribution in [0.1, 0.15) is 43.4 Å². The van der Waals surface area contributed by atoms with E-state index in [-0.39, 0.29) is 0 Å². The molecular weight excluding hydrogens is 208 g/mol. The summed E-state index contributed by atoms with van der Waals surface area (Å²) in [4.78, 5) is 0. The molecule has 1 heterocycles. The second kappa shape index (κ2) is 3.28. The van der Waals surface area contributed by atoms with E-state index in [4.69, 9.17) is 0 Å². The Labute approximate surface area is 101 Å². The molecule has 0 radical (unpaired) electrons. The van der Waals surface area contributed by atoms with Gasteiger partial charge in [0, 0.05) is 5.92 Å². The third kappa shape index (κ3) is 1.16. The average Bonchev–Trinajstić information content (AvgIpc) is 2.91. The first-order chi connectivity index (χ1) is 8.36. The topological polar surface area (TPSA) is 24.7 Å². The molecule has 0 amide bonds. The number of azo groups is 1. The van der Waals surface area contributed by atoms with Crippen LogP contribution in [0, 0.1) is 5.92 Å². The molecule has 1 aromatic rings. The first-order valence-corrected chi connectivity index (χ1v) is 6.57. The fourth-order valence-electron chi connectivity index (χ4n) is 3.69. The standard InChI is InChI=1S/C15H16N2/c1-9-14-12-6-3-2-5-10(12)11-7-4-8-13(11)15(9)17-16-14/h2-3,5-6,9,14-15H,4,7-8H2,1H3/t9-,14-,15+/m1/s1. The Bertz CT molecular complexity index is 542. The van der Waals surface area contributed by atoms with Crippen LogP contribution in [0.3, 0.4) is 0 Å². The van der Waals surface area contributed by atoms with Crippen LogP contribution >= 0.6 is 0 Å². The maximum Gasteiger partial charge on any atom is 0.101 e. The lowest BCUT2D eigenvalue weighted by Crippen LogP contribution is -2.16. The number of fused-ring (bicyclic) bond motifs is 6. The van der Waals surface area contributed by atoms with E-state index >= 15 is 0 Å². The van der Waals surface area contributed by atoms with Gasteiger partial charge in [-0.15, -0.1) is 0 Å². The number of benzene rings is 1. The van der Waals surface area contributed by atoms with Gasteiger partial charge in [0.15, 0.2) is 0 Å². The molecule has 1 aliphatic heterocycles. The lowest BCUT2D eigenvalue weighted by atomic mass is 9.88. The lowest BCUT2D eigenvalue weighted by Gasteiger charge is -2.16. The average molecular weight is 224 g/mol. The first-order valence-electron chi connectivity index (χ1n) is 6.57. The summed E-state index contributed by atoms with van der Waals surface area (Å²) in [6.07, 6.45) is 3.75. The Balaban J connectivity index is 2.03. The van der Waals surface area contributed by atoms with Crippen LogP contribution in [0.25, 0.3) is 5.57 Å². The van der Waals surface area contributed by atoms with Crippen molar-refractivity contribution >= 4 is 5.57 Å². The van der Waals surface area contributed by atoms with E-state index in [0.717, 1.165) is 0 Å². The van der Waals surface area contributed by atoms with Gasteiger partial charge in [-0.2, -0.15) is 10.2 Å². The minimum atomic E-state index is 0.293. The molecule has 0 unspecified atom stereocenters. The Morgan fingerprint density at radius 1 is 1.06 bits per heavy atom. The number of rotatable bonds is 0. The second-order valence-electron chi connectivity index (χ2n) is 5.42. The van der Waals surface area contributed by atoms with Crippen LogP contribution in [0.4, 0.5) is 0 Å². The van der Waals surface area contributed by atoms with Gasteiger partial charge < -0.3 is 0 Å². The second-order valence-corrected chi connectivity index (χ2v) is 5.42. The van der Waals surface area contributed by atoms with Crippen molar-refractivity contribution in [3.8, 4) is 0 Å². The highest BCUT2D eigenvalue weighted by molar-refractivity contribution is 5.75. The van der Waals surface area contributed by atoms with Crippen molar-refractivity contribution in [2.45, 2.75) is 38.3 Å². The summed E-state index contributed by atoms with van der Waals surface area (Å²) in [6, 6.07) is 9.47. The molecule has 1 aromatic carbocycles. The van der Waals surface area contributed by atoms with E-state index in [1.807, 2.05) is 0 Å². The maximum absolute atomic E-state index is 4.55. The van der Waals surface area contributed by atoms with E-state index in [1.165, 1.54) is 30.4 Å². The first kappa shape index (κ1) is 9.58. The highest BCUT2D eigenvalue weighted by Gasteiger charge is 2.41. The molecule has 2 nitrogen and oxygen atoms in total. The molecule has 2 aliphatic carbocycles. The summed E-state index contributed by atoms with van der Waals surface area (Å²) in [5.41, 5.74) is 6.02. The Morgan fingerprint density at radius 3 is 2.82 bits per heavy atom. The molecule has 0 fully saturated rings. The summed E-state index contributed by atoms with van der Waals surface area (Å²) in [5.74, 6) is 0.543. The number of hydrogen-bond acceptors (Lipinski definition) is 2. The molecule has 0 N–H and O–H groups in total. The van der Waals surface area contributed by atoms with Crippen molar-refractivity contribution in [3.05, 3.63) is 41.0 Å². The predicted octanol–water partition coefficient (Wildman–Crippen LogP) is 4.15. The van der Waals surface area contributed by atoms with Gasteiger partial charge >= 0.3 is 0 Å². The van der Waals surface area contributed by atoms with E-state index in [1.54, 1.807) is 11.1 Å². The third-order valence-electron chi connectivity index (χ3n) is 4.53. The van der Waals surface area contributed by atoms with Crippen LogP contribution in [0.15, 0.2) is 40.1 Å². The van der Waals surface area contributed by atoms with Gasteiger partial charge in [-0.05, 0) is 41.5 Å². The summed E-state index contributed by atoms with van der Waals surface area (Å²) < 4.78 is 0. The van der Waals surface area contributed by atoms with Gasteiger partial charge in [-0.1, -0.05) is 31.2 Å². The molecule has 17 heavy (non-hydrogen) atoms. The number of hydrogen-bond donors (Lipinski definition) is 0. The van der Waals surface area contributed by atoms with Gasteiger partial charge in [0.25, 0.3) is 0 Å². The van der Waals surface area contributed by atoms with E-state index < -0.39 is 0 Å². The zero-order valence-electron chi connectivity index (χ0n) is 10.1. The summed E-state index contributed by atoms with van der Waals surface area (Å²) in [7, 11) is 0. The molecular formula is C15H16N2. The van der Waals surface area contributed by atoms with Crippen molar-refractivity contribution in [2.24, 2.45) is 16.1 Å². The Morgan fingerprint density at radius 2 is 1.88 bits per heavy atom. The van der Waals surface area contributed by atoms with E-state index in [2.05, 4.69) is 41.4 Å². The molecule has 4 rings (SSSR count). The van der Waals surface area contributed by atoms with Gasteiger partial charge in [0.1, 0.15) is 6.04 Å².